The molecule has 0 aromatic heterocycles. The minimum absolute atomic E-state index is 0. The van der Waals surface area contributed by atoms with E-state index in [-0.39, 0.29) is 24.0 Å². The molecule has 0 unspecified atom stereocenters. The van der Waals surface area contributed by atoms with Gasteiger partial charge in [0.25, 0.3) is 0 Å². The Morgan fingerprint density at radius 3 is 2.33 bits per heavy atom. The van der Waals surface area contributed by atoms with Crippen LogP contribution in [0.1, 0.15) is 32.3 Å². The summed E-state index contributed by atoms with van der Waals surface area (Å²) in [6.45, 7) is 5.98. The molecule has 1 aliphatic heterocycles. The third-order valence-electron chi connectivity index (χ3n) is 4.24. The molecule has 2 N–H and O–H groups in total. The fourth-order valence-electron chi connectivity index (χ4n) is 3.11. The highest BCUT2D eigenvalue weighted by atomic mass is 127. The molecule has 0 aliphatic carbocycles. The Morgan fingerprint density at radius 1 is 1.22 bits per heavy atom. The van der Waals surface area contributed by atoms with Crippen LogP contribution in [-0.4, -0.2) is 57.8 Å². The van der Waals surface area contributed by atoms with Crippen LogP contribution in [0.15, 0.2) is 40.9 Å². The highest BCUT2D eigenvalue weighted by Crippen LogP contribution is 2.19. The third kappa shape index (κ3) is 8.61. The van der Waals surface area contributed by atoms with Crippen molar-refractivity contribution in [1.29, 1.82) is 0 Å². The Hall–Kier alpha value is -1.13. The summed E-state index contributed by atoms with van der Waals surface area (Å²) in [6.07, 6.45) is 5.45. The Kier molecular flexibility index (Phi) is 9.23. The van der Waals surface area contributed by atoms with Gasteiger partial charge in [-0.2, -0.15) is 0 Å². The summed E-state index contributed by atoms with van der Waals surface area (Å²) in [6, 6.07) is 10.4. The van der Waals surface area contributed by atoms with Gasteiger partial charge in [0, 0.05) is 32.2 Å². The lowest BCUT2D eigenvalue weighted by molar-refractivity contribution is 0.365. The molecule has 0 amide bonds. The predicted molar refractivity (Wildman–Crippen MR) is 124 cm³/mol. The van der Waals surface area contributed by atoms with Gasteiger partial charge in [0.05, 0.1) is 6.26 Å². The number of guanidine groups is 1. The Labute approximate surface area is 180 Å². The molecule has 0 saturated carbocycles. The number of hydrogen-bond donors (Lipinski definition) is 2. The molecule has 1 aromatic rings. The van der Waals surface area contributed by atoms with E-state index in [2.05, 4.69) is 50.3 Å². The Balaban J connectivity index is 0.00000364. The molecule has 2 rings (SSSR count). The van der Waals surface area contributed by atoms with Crippen LogP contribution in [0, 0.1) is 0 Å². The molecule has 1 fully saturated rings. The molecule has 8 heteroatoms. The molecule has 0 bridgehead atoms. The first-order chi connectivity index (χ1) is 12.2. The number of aliphatic imine (C=N–C) groups is 1. The molecular formula is C19H31IN4O2S. The smallest absolute Gasteiger partial charge is 0.209 e. The van der Waals surface area contributed by atoms with Gasteiger partial charge in [-0.25, -0.2) is 13.1 Å². The molecule has 1 aliphatic rings. The summed E-state index contributed by atoms with van der Waals surface area (Å²) in [7, 11) is -1.49. The molecule has 27 heavy (non-hydrogen) atoms. The first-order valence-electron chi connectivity index (χ1n) is 8.87. The number of rotatable bonds is 5. The topological polar surface area (TPSA) is 73.8 Å². The number of sulfonamides is 1. The van der Waals surface area contributed by atoms with E-state index >= 15 is 0 Å². The van der Waals surface area contributed by atoms with Crippen LogP contribution in [0.2, 0.25) is 0 Å². The van der Waals surface area contributed by atoms with Crippen LogP contribution in [0.3, 0.4) is 0 Å². The molecule has 152 valence electrons. The number of piperidine rings is 1. The Morgan fingerprint density at radius 2 is 1.81 bits per heavy atom. The van der Waals surface area contributed by atoms with Crippen molar-refractivity contribution in [2.45, 2.75) is 32.2 Å². The lowest BCUT2D eigenvalue weighted by atomic mass is 10.0. The molecule has 0 spiro atoms. The highest BCUT2D eigenvalue weighted by Gasteiger charge is 2.24. The summed E-state index contributed by atoms with van der Waals surface area (Å²) >= 11 is 0. The maximum atomic E-state index is 11.5. The number of likely N-dealkylation sites (tertiary alicyclic amines) is 1. The third-order valence-corrected chi connectivity index (χ3v) is 5.16. The van der Waals surface area contributed by atoms with Gasteiger partial charge in [-0.1, -0.05) is 42.0 Å². The van der Waals surface area contributed by atoms with Crippen LogP contribution in [0.4, 0.5) is 0 Å². The molecular weight excluding hydrogens is 475 g/mol. The van der Waals surface area contributed by atoms with Gasteiger partial charge >= 0.3 is 0 Å². The SMILES string of the molecule is CN=C(NCC(C)(C)NS(C)(=O)=O)N1CCC(=Cc2ccccc2)CC1.I. The lowest BCUT2D eigenvalue weighted by Crippen LogP contribution is -2.54. The maximum absolute atomic E-state index is 11.5. The number of nitrogens with one attached hydrogen (secondary N) is 2. The van der Waals surface area contributed by atoms with E-state index in [0.717, 1.165) is 31.9 Å². The second-order valence-electron chi connectivity index (χ2n) is 7.36. The largest absolute Gasteiger partial charge is 0.354 e. The first-order valence-corrected chi connectivity index (χ1v) is 10.8. The van der Waals surface area contributed by atoms with E-state index in [1.807, 2.05) is 19.9 Å². The van der Waals surface area contributed by atoms with E-state index in [0.29, 0.717) is 6.54 Å². The minimum atomic E-state index is -3.25. The number of benzene rings is 1. The molecule has 0 atom stereocenters. The average Bonchev–Trinajstić information content (AvgIpc) is 2.55. The van der Waals surface area contributed by atoms with Crippen LogP contribution in [-0.2, 0) is 10.0 Å². The quantitative estimate of drug-likeness (QED) is 0.366. The normalized spacial score (nSPS) is 15.9. The van der Waals surface area contributed by atoms with Crippen LogP contribution >= 0.6 is 24.0 Å². The van der Waals surface area contributed by atoms with Crippen molar-refractivity contribution in [2.75, 3.05) is 32.9 Å². The average molecular weight is 506 g/mol. The van der Waals surface area contributed by atoms with Gasteiger partial charge in [-0.15, -0.1) is 24.0 Å². The van der Waals surface area contributed by atoms with Crippen LogP contribution in [0.5, 0.6) is 0 Å². The first kappa shape index (κ1) is 23.9. The van der Waals surface area contributed by atoms with E-state index < -0.39 is 15.6 Å². The summed E-state index contributed by atoms with van der Waals surface area (Å²) in [5, 5.41) is 3.30. The summed E-state index contributed by atoms with van der Waals surface area (Å²) in [5.41, 5.74) is 2.10. The van der Waals surface area contributed by atoms with Gasteiger partial charge in [-0.3, -0.25) is 4.99 Å². The number of halogens is 1. The fraction of sp³-hybridized carbons (Fsp3) is 0.526. The van der Waals surface area contributed by atoms with Gasteiger partial charge < -0.3 is 10.2 Å². The van der Waals surface area contributed by atoms with E-state index in [1.165, 1.54) is 17.4 Å². The summed E-state index contributed by atoms with van der Waals surface area (Å²) in [4.78, 5) is 6.58. The molecule has 1 saturated heterocycles. The summed E-state index contributed by atoms with van der Waals surface area (Å²) in [5.74, 6) is 0.812. The molecule has 0 radical (unpaired) electrons. The van der Waals surface area contributed by atoms with Crippen molar-refractivity contribution in [3.05, 3.63) is 41.5 Å². The van der Waals surface area contributed by atoms with Gasteiger partial charge in [0.1, 0.15) is 0 Å². The van der Waals surface area contributed by atoms with Crippen LogP contribution in [0.25, 0.3) is 6.08 Å². The highest BCUT2D eigenvalue weighted by molar-refractivity contribution is 14.0. The zero-order valence-corrected chi connectivity index (χ0v) is 19.7. The van der Waals surface area contributed by atoms with Crippen molar-refractivity contribution in [2.24, 2.45) is 4.99 Å². The molecule has 1 aromatic carbocycles. The minimum Gasteiger partial charge on any atom is -0.354 e. The van der Waals surface area contributed by atoms with Crippen molar-refractivity contribution in [3.63, 3.8) is 0 Å². The summed E-state index contributed by atoms with van der Waals surface area (Å²) < 4.78 is 25.6. The zero-order chi connectivity index (χ0) is 19.2. The lowest BCUT2D eigenvalue weighted by Gasteiger charge is -2.33. The van der Waals surface area contributed by atoms with Crippen molar-refractivity contribution >= 4 is 46.0 Å². The van der Waals surface area contributed by atoms with Crippen molar-refractivity contribution in [3.8, 4) is 0 Å². The fourth-order valence-corrected chi connectivity index (χ4v) is 4.18. The maximum Gasteiger partial charge on any atom is 0.209 e. The van der Waals surface area contributed by atoms with Crippen LogP contribution < -0.4 is 10.0 Å². The number of nitrogens with zero attached hydrogens (tertiary/aromatic N) is 2. The molecule has 1 heterocycles. The predicted octanol–water partition coefficient (Wildman–Crippen LogP) is 2.69. The number of hydrogen-bond acceptors (Lipinski definition) is 3. The van der Waals surface area contributed by atoms with E-state index in [4.69, 9.17) is 0 Å². The molecule has 6 nitrogen and oxygen atoms in total. The monoisotopic (exact) mass is 506 g/mol. The second kappa shape index (κ2) is 10.4. The second-order valence-corrected chi connectivity index (χ2v) is 9.11. The zero-order valence-electron chi connectivity index (χ0n) is 16.5. The van der Waals surface area contributed by atoms with Crippen molar-refractivity contribution in [1.82, 2.24) is 14.9 Å². The van der Waals surface area contributed by atoms with Gasteiger partial charge in [0.15, 0.2) is 5.96 Å². The van der Waals surface area contributed by atoms with E-state index in [9.17, 15) is 8.42 Å². The van der Waals surface area contributed by atoms with Gasteiger partial charge in [-0.05, 0) is 32.3 Å². The van der Waals surface area contributed by atoms with E-state index in [1.54, 1.807) is 7.05 Å². The van der Waals surface area contributed by atoms with Gasteiger partial charge in [0.2, 0.25) is 10.0 Å². The Bertz CT molecular complexity index is 751. The standard InChI is InChI=1S/C19H30N4O2S.HI/c1-19(2,22-26(4,24)25)15-21-18(20-3)23-12-10-17(11-13-23)14-16-8-6-5-7-9-16;/h5-9,14,22H,10-13,15H2,1-4H3,(H,20,21);1H. The van der Waals surface area contributed by atoms with Crippen molar-refractivity contribution < 1.29 is 8.42 Å².